The third-order valence-electron chi connectivity index (χ3n) is 3.46. The number of carbonyl (C=O) groups is 2. The Morgan fingerprint density at radius 1 is 1.33 bits per heavy atom. The third-order valence-corrected chi connectivity index (χ3v) is 3.46. The SMILES string of the molecule is CCCCn1nnnc1COC(=O)c1cccc(C)c1NC(C)=O. The minimum atomic E-state index is -0.535. The molecule has 2 aromatic rings. The van der Waals surface area contributed by atoms with Crippen LogP contribution in [0.3, 0.4) is 0 Å². The first-order valence-electron chi connectivity index (χ1n) is 7.82. The minimum absolute atomic E-state index is 0.0248. The van der Waals surface area contributed by atoms with Gasteiger partial charge in [-0.2, -0.15) is 0 Å². The van der Waals surface area contributed by atoms with Gasteiger partial charge in [0, 0.05) is 13.5 Å². The maximum absolute atomic E-state index is 12.4. The number of carbonyl (C=O) groups excluding carboxylic acids is 2. The van der Waals surface area contributed by atoms with Crippen molar-refractivity contribution >= 4 is 17.6 Å². The van der Waals surface area contributed by atoms with E-state index in [1.54, 1.807) is 16.8 Å². The van der Waals surface area contributed by atoms with Crippen LogP contribution in [0.25, 0.3) is 0 Å². The number of aryl methyl sites for hydroxylation is 2. The lowest BCUT2D eigenvalue weighted by Gasteiger charge is -2.12. The van der Waals surface area contributed by atoms with E-state index in [0.717, 1.165) is 18.4 Å². The molecule has 0 radical (unpaired) electrons. The number of ether oxygens (including phenoxy) is 1. The average molecular weight is 331 g/mol. The van der Waals surface area contributed by atoms with Crippen molar-refractivity contribution in [2.24, 2.45) is 0 Å². The molecule has 0 aliphatic rings. The number of nitrogens with zero attached hydrogens (tertiary/aromatic N) is 4. The number of amides is 1. The van der Waals surface area contributed by atoms with Crippen molar-refractivity contribution in [2.45, 2.75) is 46.8 Å². The van der Waals surface area contributed by atoms with Gasteiger partial charge in [0.25, 0.3) is 0 Å². The highest BCUT2D eigenvalue weighted by Gasteiger charge is 2.17. The first-order chi connectivity index (χ1) is 11.5. The molecule has 1 aromatic carbocycles. The van der Waals surface area contributed by atoms with Gasteiger partial charge in [-0.25, -0.2) is 9.48 Å². The molecule has 0 aliphatic carbocycles. The lowest BCUT2D eigenvalue weighted by molar-refractivity contribution is -0.114. The van der Waals surface area contributed by atoms with Crippen molar-refractivity contribution in [1.82, 2.24) is 20.2 Å². The monoisotopic (exact) mass is 331 g/mol. The van der Waals surface area contributed by atoms with E-state index in [1.807, 2.05) is 13.0 Å². The zero-order valence-electron chi connectivity index (χ0n) is 14.1. The van der Waals surface area contributed by atoms with Crippen molar-refractivity contribution in [3.63, 3.8) is 0 Å². The number of hydrogen-bond donors (Lipinski definition) is 1. The highest BCUT2D eigenvalue weighted by atomic mass is 16.5. The van der Waals surface area contributed by atoms with Gasteiger partial charge in [-0.3, -0.25) is 4.79 Å². The second-order valence-electron chi connectivity index (χ2n) is 5.43. The van der Waals surface area contributed by atoms with E-state index in [9.17, 15) is 9.59 Å². The van der Waals surface area contributed by atoms with E-state index < -0.39 is 5.97 Å². The molecule has 0 saturated carbocycles. The molecule has 8 heteroatoms. The molecule has 0 bridgehead atoms. The summed E-state index contributed by atoms with van der Waals surface area (Å²) in [6.07, 6.45) is 1.96. The Hall–Kier alpha value is -2.77. The van der Waals surface area contributed by atoms with Crippen molar-refractivity contribution in [3.8, 4) is 0 Å². The molecule has 0 aliphatic heterocycles. The normalized spacial score (nSPS) is 10.5. The molecule has 0 saturated heterocycles. The number of benzene rings is 1. The zero-order valence-corrected chi connectivity index (χ0v) is 14.1. The molecule has 0 atom stereocenters. The molecular formula is C16H21N5O3. The largest absolute Gasteiger partial charge is 0.454 e. The average Bonchev–Trinajstić information content (AvgIpc) is 2.99. The number of nitrogens with one attached hydrogen (secondary N) is 1. The molecule has 8 nitrogen and oxygen atoms in total. The Labute approximate surface area is 140 Å². The van der Waals surface area contributed by atoms with Crippen molar-refractivity contribution in [2.75, 3.05) is 5.32 Å². The Bertz CT molecular complexity index is 726. The number of aromatic nitrogens is 4. The molecule has 1 amide bonds. The quantitative estimate of drug-likeness (QED) is 0.780. The summed E-state index contributed by atoms with van der Waals surface area (Å²) in [5.41, 5.74) is 1.55. The van der Waals surface area contributed by atoms with E-state index in [4.69, 9.17) is 4.74 Å². The second-order valence-corrected chi connectivity index (χ2v) is 5.43. The Morgan fingerprint density at radius 3 is 2.83 bits per heavy atom. The van der Waals surface area contributed by atoms with Crippen molar-refractivity contribution in [1.29, 1.82) is 0 Å². The summed E-state index contributed by atoms with van der Waals surface area (Å²) < 4.78 is 6.94. The van der Waals surface area contributed by atoms with Gasteiger partial charge < -0.3 is 10.1 Å². The number of para-hydroxylation sites is 1. The van der Waals surface area contributed by atoms with Crippen molar-refractivity contribution < 1.29 is 14.3 Å². The molecule has 1 heterocycles. The summed E-state index contributed by atoms with van der Waals surface area (Å²) in [5, 5.41) is 14.0. The molecule has 0 unspecified atom stereocenters. The fourth-order valence-corrected chi connectivity index (χ4v) is 2.20. The van der Waals surface area contributed by atoms with Gasteiger partial charge in [-0.15, -0.1) is 5.10 Å². The van der Waals surface area contributed by atoms with Crippen LogP contribution in [0, 0.1) is 6.92 Å². The molecule has 0 spiro atoms. The number of esters is 1. The van der Waals surface area contributed by atoms with E-state index in [-0.39, 0.29) is 12.5 Å². The van der Waals surface area contributed by atoms with Crippen LogP contribution in [0.5, 0.6) is 0 Å². The topological polar surface area (TPSA) is 99.0 Å². The summed E-state index contributed by atoms with van der Waals surface area (Å²) in [7, 11) is 0. The van der Waals surface area contributed by atoms with Gasteiger partial charge in [0.2, 0.25) is 5.91 Å². The van der Waals surface area contributed by atoms with Crippen LogP contribution in [0.2, 0.25) is 0 Å². The number of tetrazole rings is 1. The Kier molecular flexibility index (Phi) is 6.00. The van der Waals surface area contributed by atoms with E-state index in [1.165, 1.54) is 6.92 Å². The predicted octanol–water partition coefficient (Wildman–Crippen LogP) is 2.10. The first-order valence-corrected chi connectivity index (χ1v) is 7.82. The predicted molar refractivity (Wildman–Crippen MR) is 87.3 cm³/mol. The van der Waals surface area contributed by atoms with Crippen LogP contribution in [-0.2, 0) is 22.7 Å². The number of rotatable bonds is 7. The minimum Gasteiger partial charge on any atom is -0.454 e. The van der Waals surface area contributed by atoms with E-state index in [0.29, 0.717) is 23.6 Å². The van der Waals surface area contributed by atoms with Crippen LogP contribution in [0.15, 0.2) is 18.2 Å². The van der Waals surface area contributed by atoms with Crippen LogP contribution in [0.4, 0.5) is 5.69 Å². The van der Waals surface area contributed by atoms with Crippen LogP contribution in [0.1, 0.15) is 48.4 Å². The molecule has 0 fully saturated rings. The molecule has 2 rings (SSSR count). The van der Waals surface area contributed by atoms with Crippen LogP contribution >= 0.6 is 0 Å². The van der Waals surface area contributed by atoms with Crippen LogP contribution in [-0.4, -0.2) is 32.1 Å². The number of anilines is 1. The molecule has 128 valence electrons. The Balaban J connectivity index is 2.09. The molecule has 1 aromatic heterocycles. The number of hydrogen-bond acceptors (Lipinski definition) is 6. The maximum atomic E-state index is 12.4. The zero-order chi connectivity index (χ0) is 17.5. The second kappa shape index (κ2) is 8.19. The molecule has 24 heavy (non-hydrogen) atoms. The molecule has 1 N–H and O–H groups in total. The summed E-state index contributed by atoms with van der Waals surface area (Å²) in [5.74, 6) is -0.292. The smallest absolute Gasteiger partial charge is 0.340 e. The molecular weight excluding hydrogens is 310 g/mol. The van der Waals surface area contributed by atoms with Gasteiger partial charge in [0.05, 0.1) is 11.3 Å². The highest BCUT2D eigenvalue weighted by Crippen LogP contribution is 2.21. The van der Waals surface area contributed by atoms with E-state index in [2.05, 4.69) is 27.8 Å². The van der Waals surface area contributed by atoms with Crippen LogP contribution < -0.4 is 5.32 Å². The van der Waals surface area contributed by atoms with Gasteiger partial charge in [-0.05, 0) is 35.4 Å². The Morgan fingerprint density at radius 2 is 2.12 bits per heavy atom. The first kappa shape index (κ1) is 17.6. The standard InChI is InChI=1S/C16H21N5O3/c1-4-5-9-21-14(18-19-20-21)10-24-16(23)13-8-6-7-11(2)15(13)17-12(3)22/h6-8H,4-5,9-10H2,1-3H3,(H,17,22). The van der Waals surface area contributed by atoms with Gasteiger partial charge in [0.15, 0.2) is 12.4 Å². The van der Waals surface area contributed by atoms with E-state index >= 15 is 0 Å². The summed E-state index contributed by atoms with van der Waals surface area (Å²) >= 11 is 0. The van der Waals surface area contributed by atoms with Gasteiger partial charge in [-0.1, -0.05) is 25.5 Å². The van der Waals surface area contributed by atoms with Gasteiger partial charge >= 0.3 is 5.97 Å². The summed E-state index contributed by atoms with van der Waals surface area (Å²) in [6.45, 7) is 5.93. The number of unbranched alkanes of at least 4 members (excludes halogenated alkanes) is 1. The van der Waals surface area contributed by atoms with Gasteiger partial charge in [0.1, 0.15) is 0 Å². The fraction of sp³-hybridized carbons (Fsp3) is 0.438. The lowest BCUT2D eigenvalue weighted by Crippen LogP contribution is -2.15. The third kappa shape index (κ3) is 4.37. The fourth-order valence-electron chi connectivity index (χ4n) is 2.20. The van der Waals surface area contributed by atoms with Crippen molar-refractivity contribution in [3.05, 3.63) is 35.2 Å². The highest BCUT2D eigenvalue weighted by molar-refractivity contribution is 6.01. The summed E-state index contributed by atoms with van der Waals surface area (Å²) in [4.78, 5) is 23.7. The maximum Gasteiger partial charge on any atom is 0.340 e. The summed E-state index contributed by atoms with van der Waals surface area (Å²) in [6, 6.07) is 5.16. The lowest BCUT2D eigenvalue weighted by atomic mass is 10.1.